The van der Waals surface area contributed by atoms with Gasteiger partial charge in [0.1, 0.15) is 5.82 Å². The Morgan fingerprint density at radius 2 is 2.19 bits per heavy atom. The fourth-order valence-electron chi connectivity index (χ4n) is 3.59. The van der Waals surface area contributed by atoms with Gasteiger partial charge in [0, 0.05) is 40.9 Å². The number of anilines is 1. The van der Waals surface area contributed by atoms with Crippen LogP contribution in [0.15, 0.2) is 54.4 Å². The molecule has 156 valence electrons. The number of carbonyl (C=O) groups is 2. The highest BCUT2D eigenvalue weighted by atomic mass is 16.5. The van der Waals surface area contributed by atoms with Crippen molar-refractivity contribution >= 4 is 29.4 Å². The molecular formula is C23H21N5O3. The van der Waals surface area contributed by atoms with E-state index >= 15 is 0 Å². The monoisotopic (exact) mass is 415 g/mol. The molecule has 1 amide bonds. The van der Waals surface area contributed by atoms with Crippen LogP contribution in [0.1, 0.15) is 35.2 Å². The molecule has 0 unspecified atom stereocenters. The first-order valence-corrected chi connectivity index (χ1v) is 10.1. The Morgan fingerprint density at radius 3 is 2.90 bits per heavy atom. The molecule has 2 aliphatic rings. The van der Waals surface area contributed by atoms with Crippen molar-refractivity contribution in [2.75, 3.05) is 12.4 Å². The summed E-state index contributed by atoms with van der Waals surface area (Å²) < 4.78 is 6.59. The number of allylic oxidation sites excluding steroid dienone is 1. The normalized spacial score (nSPS) is 17.3. The van der Waals surface area contributed by atoms with Crippen LogP contribution in [0.4, 0.5) is 5.82 Å². The van der Waals surface area contributed by atoms with Gasteiger partial charge in [-0.3, -0.25) is 4.79 Å². The molecule has 3 heterocycles. The third-order valence-corrected chi connectivity index (χ3v) is 5.32. The fraction of sp³-hybridized carbons (Fsp3) is 0.217. The number of carbonyl (C=O) groups excluding carboxylic acids is 2. The third kappa shape index (κ3) is 3.68. The van der Waals surface area contributed by atoms with Crippen LogP contribution < -0.4 is 10.6 Å². The quantitative estimate of drug-likeness (QED) is 0.491. The minimum Gasteiger partial charge on any atom is -0.465 e. The van der Waals surface area contributed by atoms with E-state index in [1.807, 2.05) is 12.1 Å². The van der Waals surface area contributed by atoms with E-state index in [1.54, 1.807) is 35.0 Å². The first kappa shape index (κ1) is 19.0. The lowest BCUT2D eigenvalue weighted by molar-refractivity contribution is -0.115. The summed E-state index contributed by atoms with van der Waals surface area (Å²) in [5, 5.41) is 10.7. The predicted octanol–water partition coefficient (Wildman–Crippen LogP) is 3.17. The summed E-state index contributed by atoms with van der Waals surface area (Å²) in [4.78, 5) is 28.9. The van der Waals surface area contributed by atoms with Gasteiger partial charge in [-0.25, -0.2) is 9.78 Å². The molecule has 2 aromatic heterocycles. The van der Waals surface area contributed by atoms with Crippen molar-refractivity contribution in [3.63, 3.8) is 0 Å². The number of amides is 1. The molecule has 31 heavy (non-hydrogen) atoms. The number of hydrogen-bond donors (Lipinski definition) is 2. The standard InChI is InChI=1S/C23H21N5O3/c1-13-8-16(22(29)25-13)10-17-12-24-28-20(26-18-6-7-18)11-19(27-21(17)28)14-4-3-5-15(9-14)23(30)31-2/h3-5,9-12,18,26H,1,6-8H2,2H3,(H,25,29)/b16-10+. The average Bonchev–Trinajstić information content (AvgIpc) is 3.41. The van der Waals surface area contributed by atoms with Crippen molar-refractivity contribution in [1.82, 2.24) is 19.9 Å². The first-order valence-electron chi connectivity index (χ1n) is 10.1. The van der Waals surface area contributed by atoms with Gasteiger partial charge in [-0.1, -0.05) is 18.7 Å². The van der Waals surface area contributed by atoms with Crippen molar-refractivity contribution in [3.8, 4) is 11.3 Å². The SMILES string of the molecule is C=C1C/C(=C\c2cnn3c(NC4CC4)cc(-c4cccc(C(=O)OC)c4)nc23)C(=O)N1. The molecule has 2 N–H and O–H groups in total. The number of benzene rings is 1. The van der Waals surface area contributed by atoms with Crippen molar-refractivity contribution in [2.45, 2.75) is 25.3 Å². The van der Waals surface area contributed by atoms with Crippen LogP contribution >= 0.6 is 0 Å². The lowest BCUT2D eigenvalue weighted by atomic mass is 10.1. The van der Waals surface area contributed by atoms with Crippen LogP contribution in [0.2, 0.25) is 0 Å². The lowest BCUT2D eigenvalue weighted by Crippen LogP contribution is -2.12. The van der Waals surface area contributed by atoms with Crippen molar-refractivity contribution < 1.29 is 14.3 Å². The maximum absolute atomic E-state index is 12.1. The second kappa shape index (κ2) is 7.39. The second-order valence-electron chi connectivity index (χ2n) is 7.76. The van der Waals surface area contributed by atoms with Gasteiger partial charge in [-0.05, 0) is 31.1 Å². The highest BCUT2D eigenvalue weighted by molar-refractivity contribution is 6.02. The number of nitrogens with one attached hydrogen (secondary N) is 2. The van der Waals surface area contributed by atoms with Gasteiger partial charge in [0.15, 0.2) is 5.65 Å². The Hall–Kier alpha value is -3.94. The molecular weight excluding hydrogens is 394 g/mol. The predicted molar refractivity (Wildman–Crippen MR) is 116 cm³/mol. The van der Waals surface area contributed by atoms with Crippen LogP contribution in [0.5, 0.6) is 0 Å². The minimum absolute atomic E-state index is 0.150. The number of methoxy groups -OCH3 is 1. The number of aromatic nitrogens is 3. The summed E-state index contributed by atoms with van der Waals surface area (Å²) in [6, 6.07) is 9.50. The van der Waals surface area contributed by atoms with E-state index in [4.69, 9.17) is 9.72 Å². The molecule has 1 aliphatic carbocycles. The summed E-state index contributed by atoms with van der Waals surface area (Å²) in [5.41, 5.74) is 4.61. The van der Waals surface area contributed by atoms with Crippen molar-refractivity contribution in [1.29, 1.82) is 0 Å². The van der Waals surface area contributed by atoms with Crippen LogP contribution in [-0.4, -0.2) is 39.6 Å². The van der Waals surface area contributed by atoms with E-state index in [1.165, 1.54) is 7.11 Å². The van der Waals surface area contributed by atoms with Gasteiger partial charge in [0.25, 0.3) is 5.91 Å². The molecule has 0 bridgehead atoms. The highest BCUT2D eigenvalue weighted by Gasteiger charge is 2.24. The average molecular weight is 415 g/mol. The number of fused-ring (bicyclic) bond motifs is 1. The van der Waals surface area contributed by atoms with Gasteiger partial charge in [0.05, 0.1) is 24.6 Å². The van der Waals surface area contributed by atoms with Gasteiger partial charge >= 0.3 is 5.97 Å². The van der Waals surface area contributed by atoms with Gasteiger partial charge in [-0.15, -0.1) is 0 Å². The minimum atomic E-state index is -0.401. The molecule has 2 fully saturated rings. The first-order chi connectivity index (χ1) is 15.0. The topological polar surface area (TPSA) is 97.6 Å². The molecule has 5 rings (SSSR count). The molecule has 3 aromatic rings. The van der Waals surface area contributed by atoms with E-state index in [2.05, 4.69) is 22.3 Å². The van der Waals surface area contributed by atoms with Gasteiger partial charge in [-0.2, -0.15) is 9.61 Å². The van der Waals surface area contributed by atoms with Crippen molar-refractivity contribution in [3.05, 3.63) is 65.5 Å². The van der Waals surface area contributed by atoms with Crippen LogP contribution in [0.3, 0.4) is 0 Å². The zero-order valence-corrected chi connectivity index (χ0v) is 17.0. The number of rotatable bonds is 5. The van der Waals surface area contributed by atoms with E-state index in [0.29, 0.717) is 40.6 Å². The summed E-state index contributed by atoms with van der Waals surface area (Å²) in [5.74, 6) is 0.264. The molecule has 8 heteroatoms. The molecule has 1 saturated carbocycles. The van der Waals surface area contributed by atoms with Crippen LogP contribution in [-0.2, 0) is 9.53 Å². The molecule has 0 radical (unpaired) electrons. The maximum atomic E-state index is 12.1. The third-order valence-electron chi connectivity index (χ3n) is 5.32. The number of esters is 1. The Bertz CT molecular complexity index is 1270. The summed E-state index contributed by atoms with van der Waals surface area (Å²) in [6.45, 7) is 3.83. The van der Waals surface area contributed by atoms with E-state index < -0.39 is 5.97 Å². The number of nitrogens with zero attached hydrogens (tertiary/aromatic N) is 3. The number of ether oxygens (including phenoxy) is 1. The largest absolute Gasteiger partial charge is 0.465 e. The Kier molecular flexibility index (Phi) is 4.54. The number of hydrogen-bond acceptors (Lipinski definition) is 6. The summed E-state index contributed by atoms with van der Waals surface area (Å²) in [6.07, 6.45) is 6.20. The van der Waals surface area contributed by atoms with E-state index in [9.17, 15) is 9.59 Å². The van der Waals surface area contributed by atoms with Crippen LogP contribution in [0.25, 0.3) is 23.0 Å². The molecule has 1 aromatic carbocycles. The molecule has 1 aliphatic heterocycles. The van der Waals surface area contributed by atoms with Gasteiger partial charge < -0.3 is 15.4 Å². The Labute approximate surface area is 178 Å². The lowest BCUT2D eigenvalue weighted by Gasteiger charge is -2.11. The van der Waals surface area contributed by atoms with Crippen LogP contribution in [0, 0.1) is 0 Å². The highest BCUT2D eigenvalue weighted by Crippen LogP contribution is 2.30. The smallest absolute Gasteiger partial charge is 0.337 e. The molecule has 0 spiro atoms. The Morgan fingerprint density at radius 1 is 1.35 bits per heavy atom. The molecule has 0 atom stereocenters. The van der Waals surface area contributed by atoms with Crippen molar-refractivity contribution in [2.24, 2.45) is 0 Å². The summed E-state index contributed by atoms with van der Waals surface area (Å²) >= 11 is 0. The maximum Gasteiger partial charge on any atom is 0.337 e. The second-order valence-corrected chi connectivity index (χ2v) is 7.76. The summed E-state index contributed by atoms with van der Waals surface area (Å²) in [7, 11) is 1.36. The van der Waals surface area contributed by atoms with E-state index in [0.717, 1.165) is 29.8 Å². The molecule has 1 saturated heterocycles. The fourth-order valence-corrected chi connectivity index (χ4v) is 3.59. The zero-order valence-electron chi connectivity index (χ0n) is 17.0. The molecule has 8 nitrogen and oxygen atoms in total. The Balaban J connectivity index is 1.64. The zero-order chi connectivity index (χ0) is 21.5. The van der Waals surface area contributed by atoms with Gasteiger partial charge in [0.2, 0.25) is 0 Å². The van der Waals surface area contributed by atoms with E-state index in [-0.39, 0.29) is 5.91 Å².